The van der Waals surface area contributed by atoms with E-state index in [2.05, 4.69) is 50.8 Å². The van der Waals surface area contributed by atoms with Gasteiger partial charge in [-0.25, -0.2) is 4.79 Å². The molecule has 0 bridgehead atoms. The molecular weight excluding hydrogens is 340 g/mol. The van der Waals surface area contributed by atoms with Gasteiger partial charge in [0.05, 0.1) is 19.8 Å². The van der Waals surface area contributed by atoms with E-state index < -0.39 is 8.07 Å². The molecule has 0 saturated heterocycles. The predicted molar refractivity (Wildman–Crippen MR) is 112 cm³/mol. The van der Waals surface area contributed by atoms with Crippen molar-refractivity contribution < 1.29 is 14.3 Å². The average Bonchev–Trinajstić information content (AvgIpc) is 2.58. The third-order valence-corrected chi connectivity index (χ3v) is 5.29. The summed E-state index contributed by atoms with van der Waals surface area (Å²) in [4.78, 5) is 12.1. The molecule has 0 aromatic heterocycles. The monoisotopic (exact) mass is 374 g/mol. The number of hydrogen-bond acceptors (Lipinski definition) is 3. The topological polar surface area (TPSA) is 35.5 Å². The second-order valence-corrected chi connectivity index (χ2v) is 13.3. The summed E-state index contributed by atoms with van der Waals surface area (Å²) in [6, 6.07) is 11.1. The minimum absolute atomic E-state index is 0.150. The maximum absolute atomic E-state index is 12.1. The molecule has 0 heterocycles. The molecule has 0 fully saturated rings. The SMILES string of the molecule is CCOC(=O)/C(=C\CC/C(C)=C/COCc1ccccc1)C[Si](C)(C)C. The Morgan fingerprint density at radius 2 is 1.81 bits per heavy atom. The van der Waals surface area contributed by atoms with Gasteiger partial charge in [0.15, 0.2) is 0 Å². The van der Waals surface area contributed by atoms with Crippen molar-refractivity contribution in [3.05, 3.63) is 59.2 Å². The minimum Gasteiger partial charge on any atom is -0.463 e. The molecule has 0 saturated carbocycles. The van der Waals surface area contributed by atoms with Crippen molar-refractivity contribution in [1.29, 1.82) is 0 Å². The lowest BCUT2D eigenvalue weighted by Gasteiger charge is -2.17. The van der Waals surface area contributed by atoms with Crippen molar-refractivity contribution >= 4 is 14.0 Å². The first-order chi connectivity index (χ1) is 12.3. The number of allylic oxidation sites excluding steroid dienone is 2. The number of benzene rings is 1. The number of ether oxygens (including phenoxy) is 2. The van der Waals surface area contributed by atoms with Crippen LogP contribution in [0.3, 0.4) is 0 Å². The molecule has 0 atom stereocenters. The van der Waals surface area contributed by atoms with E-state index in [4.69, 9.17) is 9.47 Å². The summed E-state index contributed by atoms with van der Waals surface area (Å²) in [7, 11) is -1.35. The van der Waals surface area contributed by atoms with Crippen LogP contribution in [-0.2, 0) is 20.9 Å². The van der Waals surface area contributed by atoms with E-state index >= 15 is 0 Å². The Balaban J connectivity index is 2.44. The maximum Gasteiger partial charge on any atom is 0.333 e. The Kier molecular flexibility index (Phi) is 10.2. The molecule has 0 spiro atoms. The lowest BCUT2D eigenvalue weighted by atomic mass is 10.1. The van der Waals surface area contributed by atoms with Gasteiger partial charge in [0.2, 0.25) is 0 Å². The van der Waals surface area contributed by atoms with E-state index in [1.54, 1.807) is 0 Å². The largest absolute Gasteiger partial charge is 0.463 e. The molecule has 0 N–H and O–H groups in total. The molecular formula is C22H34O3Si. The summed E-state index contributed by atoms with van der Waals surface area (Å²) in [5, 5.41) is 0. The average molecular weight is 375 g/mol. The molecule has 0 amide bonds. The molecule has 0 unspecified atom stereocenters. The quantitative estimate of drug-likeness (QED) is 0.162. The Labute approximate surface area is 160 Å². The predicted octanol–water partition coefficient (Wildman–Crippen LogP) is 5.76. The first-order valence-electron chi connectivity index (χ1n) is 9.45. The van der Waals surface area contributed by atoms with Crippen LogP contribution < -0.4 is 0 Å². The van der Waals surface area contributed by atoms with Gasteiger partial charge in [-0.1, -0.05) is 67.7 Å². The molecule has 1 rings (SSSR count). The number of hydrogen-bond donors (Lipinski definition) is 0. The van der Waals surface area contributed by atoms with E-state index in [1.165, 1.54) is 11.1 Å². The van der Waals surface area contributed by atoms with Crippen LogP contribution >= 0.6 is 0 Å². The fraction of sp³-hybridized carbons (Fsp3) is 0.500. The lowest BCUT2D eigenvalue weighted by molar-refractivity contribution is -0.138. The van der Waals surface area contributed by atoms with Gasteiger partial charge in [-0.2, -0.15) is 0 Å². The van der Waals surface area contributed by atoms with Gasteiger partial charge in [-0.3, -0.25) is 0 Å². The zero-order valence-electron chi connectivity index (χ0n) is 17.0. The Morgan fingerprint density at radius 3 is 2.42 bits per heavy atom. The second-order valence-electron chi connectivity index (χ2n) is 7.78. The summed E-state index contributed by atoms with van der Waals surface area (Å²) < 4.78 is 10.9. The molecule has 0 aliphatic heterocycles. The highest BCUT2D eigenvalue weighted by molar-refractivity contribution is 6.77. The molecule has 0 radical (unpaired) electrons. The molecule has 4 heteroatoms. The summed E-state index contributed by atoms with van der Waals surface area (Å²) >= 11 is 0. The Morgan fingerprint density at radius 1 is 1.12 bits per heavy atom. The molecule has 26 heavy (non-hydrogen) atoms. The third kappa shape index (κ3) is 10.4. The fourth-order valence-corrected chi connectivity index (χ4v) is 3.98. The van der Waals surface area contributed by atoms with Gasteiger partial charge in [-0.15, -0.1) is 0 Å². The van der Waals surface area contributed by atoms with Crippen LogP contribution in [0, 0.1) is 0 Å². The van der Waals surface area contributed by atoms with Crippen molar-refractivity contribution in [3.63, 3.8) is 0 Å². The zero-order valence-corrected chi connectivity index (χ0v) is 18.0. The molecule has 0 aliphatic rings. The smallest absolute Gasteiger partial charge is 0.333 e. The normalized spacial score (nSPS) is 13.0. The van der Waals surface area contributed by atoms with Crippen LogP contribution in [0.1, 0.15) is 32.3 Å². The first-order valence-corrected chi connectivity index (χ1v) is 13.2. The van der Waals surface area contributed by atoms with E-state index in [9.17, 15) is 4.79 Å². The zero-order chi connectivity index (χ0) is 19.4. The molecule has 144 valence electrons. The standard InChI is InChI=1S/C22H34O3Si/c1-6-25-22(23)21(18-26(3,4)5)14-10-11-19(2)15-16-24-17-20-12-8-7-9-13-20/h7-9,12-15H,6,10-11,16-18H2,1-5H3/b19-15+,21-14-. The van der Waals surface area contributed by atoms with Crippen LogP contribution in [0.4, 0.5) is 0 Å². The van der Waals surface area contributed by atoms with Crippen molar-refractivity contribution in [3.8, 4) is 0 Å². The maximum atomic E-state index is 12.1. The van der Waals surface area contributed by atoms with E-state index in [0.29, 0.717) is 19.8 Å². The van der Waals surface area contributed by atoms with Gasteiger partial charge in [-0.05, 0) is 38.3 Å². The van der Waals surface area contributed by atoms with E-state index in [0.717, 1.165) is 24.5 Å². The van der Waals surface area contributed by atoms with Gasteiger partial charge in [0.1, 0.15) is 0 Å². The van der Waals surface area contributed by atoms with Crippen molar-refractivity contribution in [2.75, 3.05) is 13.2 Å². The first kappa shape index (κ1) is 22.4. The summed E-state index contributed by atoms with van der Waals surface area (Å²) in [5.74, 6) is -0.150. The molecule has 3 nitrogen and oxygen atoms in total. The Hall–Kier alpha value is -1.65. The van der Waals surface area contributed by atoms with Crippen molar-refractivity contribution in [2.24, 2.45) is 0 Å². The van der Waals surface area contributed by atoms with E-state index in [1.807, 2.05) is 25.1 Å². The minimum atomic E-state index is -1.35. The van der Waals surface area contributed by atoms with Gasteiger partial charge in [0, 0.05) is 13.6 Å². The lowest BCUT2D eigenvalue weighted by Crippen LogP contribution is -2.23. The highest BCUT2D eigenvalue weighted by atomic mass is 28.3. The van der Waals surface area contributed by atoms with Crippen LogP contribution in [0.5, 0.6) is 0 Å². The number of esters is 1. The molecule has 1 aromatic rings. The highest BCUT2D eigenvalue weighted by Gasteiger charge is 2.20. The molecule has 0 aliphatic carbocycles. The van der Waals surface area contributed by atoms with Crippen LogP contribution in [0.25, 0.3) is 0 Å². The van der Waals surface area contributed by atoms with Gasteiger partial charge >= 0.3 is 5.97 Å². The summed E-state index contributed by atoms with van der Waals surface area (Å²) in [6.07, 6.45) is 5.99. The van der Waals surface area contributed by atoms with Crippen LogP contribution in [0.15, 0.2) is 53.6 Å². The summed E-state index contributed by atoms with van der Waals surface area (Å²) in [6.45, 7) is 12.5. The fourth-order valence-electron chi connectivity index (χ4n) is 2.55. The number of carbonyl (C=O) groups is 1. The molecule has 1 aromatic carbocycles. The number of carbonyl (C=O) groups excluding carboxylic acids is 1. The highest BCUT2D eigenvalue weighted by Crippen LogP contribution is 2.19. The second kappa shape index (κ2) is 11.9. The van der Waals surface area contributed by atoms with Gasteiger partial charge < -0.3 is 9.47 Å². The van der Waals surface area contributed by atoms with Crippen molar-refractivity contribution in [2.45, 2.75) is 59.0 Å². The number of rotatable bonds is 11. The van der Waals surface area contributed by atoms with Crippen LogP contribution in [0.2, 0.25) is 25.7 Å². The Bertz CT molecular complexity index is 598. The van der Waals surface area contributed by atoms with Gasteiger partial charge in [0.25, 0.3) is 0 Å². The third-order valence-electron chi connectivity index (χ3n) is 3.85. The van der Waals surface area contributed by atoms with E-state index in [-0.39, 0.29) is 5.97 Å². The van der Waals surface area contributed by atoms with Crippen molar-refractivity contribution in [1.82, 2.24) is 0 Å². The van der Waals surface area contributed by atoms with Crippen LogP contribution in [-0.4, -0.2) is 27.3 Å². The summed E-state index contributed by atoms with van der Waals surface area (Å²) in [5.41, 5.74) is 3.32.